The minimum absolute atomic E-state index is 0.534. The number of halogens is 2. The molecular formula is C14H14Cl2N2. The van der Waals surface area contributed by atoms with Crippen molar-refractivity contribution in [3.8, 4) is 0 Å². The van der Waals surface area contributed by atoms with E-state index in [4.69, 9.17) is 28.9 Å². The number of hydrogen-bond donors (Lipinski definition) is 2. The molecule has 0 aliphatic heterocycles. The van der Waals surface area contributed by atoms with Crippen LogP contribution in [0.25, 0.3) is 0 Å². The number of hydrogen-bond acceptors (Lipinski definition) is 2. The third-order valence-corrected chi connectivity index (χ3v) is 3.25. The summed E-state index contributed by atoms with van der Waals surface area (Å²) < 4.78 is 0. The molecule has 0 bridgehead atoms. The summed E-state index contributed by atoms with van der Waals surface area (Å²) in [4.78, 5) is 0. The zero-order chi connectivity index (χ0) is 13.1. The summed E-state index contributed by atoms with van der Waals surface area (Å²) >= 11 is 12.2. The van der Waals surface area contributed by atoms with Crippen LogP contribution >= 0.6 is 23.2 Å². The molecule has 0 spiro atoms. The molecule has 0 saturated carbocycles. The third-order valence-electron chi connectivity index (χ3n) is 2.65. The zero-order valence-electron chi connectivity index (χ0n) is 10.0. The van der Waals surface area contributed by atoms with Gasteiger partial charge < -0.3 is 11.1 Å². The maximum Gasteiger partial charge on any atom is 0.0723 e. The standard InChI is InChI=1S/C14H14Cl2N2/c1-9-2-4-10(5-3-9)8-18-14-12(15)6-11(17)7-13(14)16/h2-7,18H,8,17H2,1H3. The number of rotatable bonds is 3. The number of nitrogen functional groups attached to an aromatic ring is 1. The van der Waals surface area contributed by atoms with Crippen molar-refractivity contribution in [2.24, 2.45) is 0 Å². The fraction of sp³-hybridized carbons (Fsp3) is 0.143. The van der Waals surface area contributed by atoms with Gasteiger partial charge in [0, 0.05) is 12.2 Å². The lowest BCUT2D eigenvalue weighted by Gasteiger charge is -2.11. The molecule has 3 N–H and O–H groups in total. The van der Waals surface area contributed by atoms with Gasteiger partial charge >= 0.3 is 0 Å². The second-order valence-corrected chi connectivity index (χ2v) is 5.01. The van der Waals surface area contributed by atoms with Gasteiger partial charge in [-0.25, -0.2) is 0 Å². The Kier molecular flexibility index (Phi) is 4.00. The van der Waals surface area contributed by atoms with Gasteiger partial charge in [0.15, 0.2) is 0 Å². The van der Waals surface area contributed by atoms with Crippen molar-refractivity contribution in [1.82, 2.24) is 0 Å². The van der Waals surface area contributed by atoms with Crippen LogP contribution in [-0.4, -0.2) is 0 Å². The van der Waals surface area contributed by atoms with Crippen molar-refractivity contribution in [1.29, 1.82) is 0 Å². The Balaban J connectivity index is 2.13. The lowest BCUT2D eigenvalue weighted by molar-refractivity contribution is 1.14. The summed E-state index contributed by atoms with van der Waals surface area (Å²) in [5, 5.41) is 4.29. The van der Waals surface area contributed by atoms with Crippen molar-refractivity contribution in [2.75, 3.05) is 11.1 Å². The van der Waals surface area contributed by atoms with Crippen LogP contribution in [0.2, 0.25) is 10.0 Å². The maximum absolute atomic E-state index is 6.10. The minimum Gasteiger partial charge on any atom is -0.399 e. The normalized spacial score (nSPS) is 10.4. The summed E-state index contributed by atoms with van der Waals surface area (Å²) in [5.74, 6) is 0. The molecule has 2 rings (SSSR count). The average Bonchev–Trinajstić information content (AvgIpc) is 2.30. The second-order valence-electron chi connectivity index (χ2n) is 4.20. The highest BCUT2D eigenvalue weighted by Crippen LogP contribution is 2.33. The molecule has 0 aromatic heterocycles. The second kappa shape index (κ2) is 5.51. The number of nitrogens with one attached hydrogen (secondary N) is 1. The van der Waals surface area contributed by atoms with E-state index < -0.39 is 0 Å². The summed E-state index contributed by atoms with van der Waals surface area (Å²) in [6, 6.07) is 11.7. The molecule has 0 unspecified atom stereocenters. The smallest absolute Gasteiger partial charge is 0.0723 e. The van der Waals surface area contributed by atoms with E-state index in [0.29, 0.717) is 28.0 Å². The fourth-order valence-electron chi connectivity index (χ4n) is 1.66. The van der Waals surface area contributed by atoms with Crippen LogP contribution < -0.4 is 11.1 Å². The van der Waals surface area contributed by atoms with Crippen LogP contribution in [0, 0.1) is 6.92 Å². The lowest BCUT2D eigenvalue weighted by Crippen LogP contribution is -2.01. The van der Waals surface area contributed by atoms with Crippen LogP contribution in [0.5, 0.6) is 0 Å². The number of nitrogens with two attached hydrogens (primary N) is 1. The van der Waals surface area contributed by atoms with Crippen LogP contribution in [0.3, 0.4) is 0 Å². The van der Waals surface area contributed by atoms with E-state index in [2.05, 4.69) is 36.5 Å². The van der Waals surface area contributed by atoms with Gasteiger partial charge in [0.05, 0.1) is 15.7 Å². The Bertz CT molecular complexity index is 527. The highest BCUT2D eigenvalue weighted by atomic mass is 35.5. The largest absolute Gasteiger partial charge is 0.399 e. The van der Waals surface area contributed by atoms with E-state index in [-0.39, 0.29) is 0 Å². The van der Waals surface area contributed by atoms with Crippen molar-refractivity contribution in [2.45, 2.75) is 13.5 Å². The first-order valence-electron chi connectivity index (χ1n) is 5.60. The quantitative estimate of drug-likeness (QED) is 0.813. The van der Waals surface area contributed by atoms with Gasteiger partial charge in [0.2, 0.25) is 0 Å². The Hall–Kier alpha value is -1.38. The first-order chi connectivity index (χ1) is 8.56. The van der Waals surface area contributed by atoms with Gasteiger partial charge in [0.1, 0.15) is 0 Å². The van der Waals surface area contributed by atoms with E-state index in [1.807, 2.05) is 0 Å². The van der Waals surface area contributed by atoms with Gasteiger partial charge in [-0.1, -0.05) is 53.0 Å². The van der Waals surface area contributed by atoms with Crippen molar-refractivity contribution in [3.05, 3.63) is 57.6 Å². The highest BCUT2D eigenvalue weighted by molar-refractivity contribution is 6.39. The molecule has 18 heavy (non-hydrogen) atoms. The van der Waals surface area contributed by atoms with Crippen LogP contribution in [0.4, 0.5) is 11.4 Å². The van der Waals surface area contributed by atoms with E-state index >= 15 is 0 Å². The van der Waals surface area contributed by atoms with E-state index in [1.54, 1.807) is 12.1 Å². The molecule has 0 aliphatic carbocycles. The van der Waals surface area contributed by atoms with E-state index in [0.717, 1.165) is 0 Å². The number of benzene rings is 2. The summed E-state index contributed by atoms with van der Waals surface area (Å²) in [6.07, 6.45) is 0. The van der Waals surface area contributed by atoms with Crippen LogP contribution in [-0.2, 0) is 6.54 Å². The SMILES string of the molecule is Cc1ccc(CNc2c(Cl)cc(N)cc2Cl)cc1. The van der Waals surface area contributed by atoms with Crippen LogP contribution in [0.1, 0.15) is 11.1 Å². The molecule has 4 heteroatoms. The lowest BCUT2D eigenvalue weighted by atomic mass is 10.1. The topological polar surface area (TPSA) is 38.0 Å². The van der Waals surface area contributed by atoms with Gasteiger partial charge in [0.25, 0.3) is 0 Å². The molecule has 2 nitrogen and oxygen atoms in total. The molecule has 2 aromatic rings. The predicted octanol–water partition coefficient (Wildman–Crippen LogP) is 4.50. The molecular weight excluding hydrogens is 267 g/mol. The minimum atomic E-state index is 0.534. The Labute approximate surface area is 117 Å². The first-order valence-corrected chi connectivity index (χ1v) is 6.36. The summed E-state index contributed by atoms with van der Waals surface area (Å²) in [5.41, 5.74) is 9.34. The van der Waals surface area contributed by atoms with Crippen LogP contribution in [0.15, 0.2) is 36.4 Å². The van der Waals surface area contributed by atoms with E-state index in [9.17, 15) is 0 Å². The van der Waals surface area contributed by atoms with Crippen molar-refractivity contribution < 1.29 is 0 Å². The van der Waals surface area contributed by atoms with Gasteiger partial charge in [-0.15, -0.1) is 0 Å². The number of aryl methyl sites for hydroxylation is 1. The Morgan fingerprint density at radius 2 is 1.61 bits per heavy atom. The third kappa shape index (κ3) is 3.09. The average molecular weight is 281 g/mol. The Morgan fingerprint density at radius 3 is 2.17 bits per heavy atom. The molecule has 0 heterocycles. The molecule has 0 aliphatic rings. The fourth-order valence-corrected chi connectivity index (χ4v) is 2.30. The molecule has 2 aromatic carbocycles. The number of anilines is 2. The van der Waals surface area contributed by atoms with Gasteiger partial charge in [-0.05, 0) is 24.6 Å². The molecule has 94 valence electrons. The first kappa shape index (κ1) is 13.1. The van der Waals surface area contributed by atoms with Gasteiger partial charge in [-0.3, -0.25) is 0 Å². The predicted molar refractivity (Wildman–Crippen MR) is 79.4 cm³/mol. The Morgan fingerprint density at radius 1 is 1.06 bits per heavy atom. The molecule has 0 fully saturated rings. The summed E-state index contributed by atoms with van der Waals surface area (Å²) in [7, 11) is 0. The van der Waals surface area contributed by atoms with Crippen molar-refractivity contribution >= 4 is 34.6 Å². The monoisotopic (exact) mass is 280 g/mol. The van der Waals surface area contributed by atoms with E-state index in [1.165, 1.54) is 11.1 Å². The maximum atomic E-state index is 6.10. The molecule has 0 radical (unpaired) electrons. The molecule has 0 saturated heterocycles. The van der Waals surface area contributed by atoms with Crippen molar-refractivity contribution in [3.63, 3.8) is 0 Å². The van der Waals surface area contributed by atoms with Gasteiger partial charge in [-0.2, -0.15) is 0 Å². The molecule has 0 atom stereocenters. The summed E-state index contributed by atoms with van der Waals surface area (Å²) in [6.45, 7) is 2.73. The zero-order valence-corrected chi connectivity index (χ0v) is 11.5. The molecule has 0 amide bonds. The highest BCUT2D eigenvalue weighted by Gasteiger charge is 2.06.